The molecule has 0 unspecified atom stereocenters. The van der Waals surface area contributed by atoms with E-state index in [1.807, 2.05) is 25.1 Å². The predicted octanol–water partition coefficient (Wildman–Crippen LogP) is 2.14. The number of ether oxygens (including phenoxy) is 1. The van der Waals surface area contributed by atoms with Crippen LogP contribution >= 0.6 is 0 Å². The Hall–Kier alpha value is -3.19. The molecule has 174 valence electrons. The molecule has 1 aromatic carbocycles. The zero-order valence-corrected chi connectivity index (χ0v) is 19.5. The highest BCUT2D eigenvalue weighted by atomic mass is 16.5. The Morgan fingerprint density at radius 2 is 2.03 bits per heavy atom. The number of pyridine rings is 1. The topological polar surface area (TPSA) is 84.2 Å². The number of nitrogens with one attached hydrogen (secondary N) is 1. The summed E-state index contributed by atoms with van der Waals surface area (Å²) < 4.78 is 5.76. The van der Waals surface area contributed by atoms with E-state index in [0.717, 1.165) is 43.8 Å². The summed E-state index contributed by atoms with van der Waals surface area (Å²) >= 11 is 0. The Kier molecular flexibility index (Phi) is 6.79. The number of nitrogens with zero attached hydrogens (tertiary/aromatic N) is 2. The number of fused-ring (bicyclic) bond motifs is 1. The molecule has 0 radical (unpaired) electrons. The molecule has 7 nitrogen and oxygen atoms in total. The summed E-state index contributed by atoms with van der Waals surface area (Å²) in [7, 11) is 0. The average Bonchev–Trinajstić information content (AvgIpc) is 3.32. The zero-order valence-electron chi connectivity index (χ0n) is 19.5. The molecule has 1 saturated heterocycles. The fourth-order valence-corrected chi connectivity index (χ4v) is 4.82. The summed E-state index contributed by atoms with van der Waals surface area (Å²) in [6, 6.07) is 8.38. The number of Topliss-reactive ketones (excluding diaryl/α,β-unsaturated/α-hetero) is 1. The van der Waals surface area contributed by atoms with Gasteiger partial charge in [0.15, 0.2) is 0 Å². The van der Waals surface area contributed by atoms with Crippen molar-refractivity contribution < 1.29 is 24.3 Å². The molecule has 0 bridgehead atoms. The first kappa shape index (κ1) is 23.0. The van der Waals surface area contributed by atoms with Gasteiger partial charge < -0.3 is 19.6 Å². The molecule has 1 amide bonds. The minimum Gasteiger partial charge on any atom is -0.507 e. The molecule has 0 aliphatic carbocycles. The van der Waals surface area contributed by atoms with E-state index >= 15 is 0 Å². The van der Waals surface area contributed by atoms with Crippen LogP contribution < -0.4 is 9.64 Å². The molecule has 2 aliphatic rings. The summed E-state index contributed by atoms with van der Waals surface area (Å²) in [4.78, 5) is 33.4. The summed E-state index contributed by atoms with van der Waals surface area (Å²) in [5, 5.41) is 11.3. The Balaban J connectivity index is 1.71. The molecule has 0 spiro atoms. The summed E-state index contributed by atoms with van der Waals surface area (Å²) in [5.74, 6) is -0.580. The Labute approximate surface area is 194 Å². The predicted molar refractivity (Wildman–Crippen MR) is 125 cm³/mol. The van der Waals surface area contributed by atoms with Crippen LogP contribution in [-0.2, 0) is 16.0 Å². The number of hydrogen-bond acceptors (Lipinski definition) is 5. The standard InChI is InChI=1S/C26H31N3O4/c1-4-28(5-2)12-7-13-29-23(19-8-6-11-27-16-19)22(25(31)26(29)32)24(30)18-9-10-21-20(15-18)14-17(3)33-21/h6,8-11,15-17,23,30H,4-5,7,12-14H2,1-3H3/p+1/b24-22-/t17-,23-/m0/s1. The number of amides is 1. The molecule has 4 rings (SSSR count). The second kappa shape index (κ2) is 9.75. The van der Waals surface area contributed by atoms with Crippen molar-refractivity contribution in [2.24, 2.45) is 0 Å². The van der Waals surface area contributed by atoms with E-state index in [0.29, 0.717) is 17.7 Å². The van der Waals surface area contributed by atoms with Crippen LogP contribution in [0.3, 0.4) is 0 Å². The lowest BCUT2D eigenvalue weighted by atomic mass is 9.95. The van der Waals surface area contributed by atoms with E-state index in [1.54, 1.807) is 29.4 Å². The Morgan fingerprint density at radius 1 is 1.24 bits per heavy atom. The average molecular weight is 451 g/mol. The van der Waals surface area contributed by atoms with Crippen molar-refractivity contribution in [3.8, 4) is 5.75 Å². The fourth-order valence-electron chi connectivity index (χ4n) is 4.82. The molecule has 2 atom stereocenters. The van der Waals surface area contributed by atoms with Crippen LogP contribution in [0.4, 0.5) is 0 Å². The number of carbonyl (C=O) groups excluding carboxylic acids is 2. The van der Waals surface area contributed by atoms with Crippen molar-refractivity contribution in [1.82, 2.24) is 9.88 Å². The molecule has 33 heavy (non-hydrogen) atoms. The van der Waals surface area contributed by atoms with Gasteiger partial charge >= 0.3 is 0 Å². The van der Waals surface area contributed by atoms with Gasteiger partial charge in [-0.1, -0.05) is 6.07 Å². The lowest BCUT2D eigenvalue weighted by Crippen LogP contribution is -3.11. The number of quaternary nitrogens is 1. The minimum atomic E-state index is -0.658. The SMILES string of the molecule is CC[NH+](CC)CCCN1C(=O)C(=O)/C(=C(\O)c2ccc3c(c2)C[C@H](C)O3)[C@@H]1c1cccnc1. The zero-order chi connectivity index (χ0) is 23.5. The number of aliphatic hydroxyl groups is 1. The maximum Gasteiger partial charge on any atom is 0.295 e. The largest absolute Gasteiger partial charge is 0.507 e. The smallest absolute Gasteiger partial charge is 0.295 e. The molecule has 1 fully saturated rings. The number of rotatable bonds is 8. The molecule has 3 heterocycles. The quantitative estimate of drug-likeness (QED) is 0.366. The minimum absolute atomic E-state index is 0.0753. The number of carbonyl (C=O) groups is 2. The van der Waals surface area contributed by atoms with E-state index in [9.17, 15) is 14.7 Å². The number of hydrogen-bond donors (Lipinski definition) is 2. The number of ketones is 1. The molecular weight excluding hydrogens is 418 g/mol. The molecule has 2 aliphatic heterocycles. The first-order valence-electron chi connectivity index (χ1n) is 11.8. The third-order valence-electron chi connectivity index (χ3n) is 6.64. The van der Waals surface area contributed by atoms with Crippen LogP contribution in [0, 0.1) is 0 Å². The van der Waals surface area contributed by atoms with Gasteiger partial charge in [0.1, 0.15) is 17.6 Å². The second-order valence-corrected chi connectivity index (χ2v) is 8.79. The highest BCUT2D eigenvalue weighted by Gasteiger charge is 2.46. The van der Waals surface area contributed by atoms with Gasteiger partial charge in [-0.15, -0.1) is 0 Å². The first-order chi connectivity index (χ1) is 15.9. The molecule has 2 aromatic rings. The van der Waals surface area contributed by atoms with Crippen LogP contribution in [0.2, 0.25) is 0 Å². The van der Waals surface area contributed by atoms with Gasteiger partial charge in [0.25, 0.3) is 11.7 Å². The van der Waals surface area contributed by atoms with Crippen LogP contribution in [0.1, 0.15) is 49.9 Å². The monoisotopic (exact) mass is 450 g/mol. The van der Waals surface area contributed by atoms with Gasteiger partial charge in [-0.3, -0.25) is 14.6 Å². The number of likely N-dealkylation sites (tertiary alicyclic amines) is 1. The molecular formula is C26H32N3O4+. The molecule has 2 N–H and O–H groups in total. The summed E-state index contributed by atoms with van der Waals surface area (Å²) in [6.45, 7) is 9.67. The fraction of sp³-hybridized carbons (Fsp3) is 0.423. The molecule has 7 heteroatoms. The van der Waals surface area contributed by atoms with E-state index in [1.165, 1.54) is 4.90 Å². The Bertz CT molecular complexity index is 1060. The van der Waals surface area contributed by atoms with Crippen molar-refractivity contribution in [3.63, 3.8) is 0 Å². The third kappa shape index (κ3) is 4.50. The normalized spacial score (nSPS) is 21.5. The van der Waals surface area contributed by atoms with E-state index in [2.05, 4.69) is 18.8 Å². The lowest BCUT2D eigenvalue weighted by molar-refractivity contribution is -0.896. The highest BCUT2D eigenvalue weighted by Crippen LogP contribution is 2.40. The lowest BCUT2D eigenvalue weighted by Gasteiger charge is -2.25. The van der Waals surface area contributed by atoms with Gasteiger partial charge in [-0.2, -0.15) is 0 Å². The van der Waals surface area contributed by atoms with Gasteiger partial charge in [0.05, 0.1) is 31.2 Å². The highest BCUT2D eigenvalue weighted by molar-refractivity contribution is 6.46. The molecule has 0 saturated carbocycles. The van der Waals surface area contributed by atoms with Crippen LogP contribution in [0.25, 0.3) is 5.76 Å². The van der Waals surface area contributed by atoms with Gasteiger partial charge in [-0.05, 0) is 56.2 Å². The number of aromatic nitrogens is 1. The van der Waals surface area contributed by atoms with Crippen molar-refractivity contribution in [2.75, 3.05) is 26.2 Å². The summed E-state index contributed by atoms with van der Waals surface area (Å²) in [6.07, 6.45) is 4.90. The Morgan fingerprint density at radius 3 is 2.73 bits per heavy atom. The third-order valence-corrected chi connectivity index (χ3v) is 6.64. The number of benzene rings is 1. The van der Waals surface area contributed by atoms with Crippen molar-refractivity contribution >= 4 is 17.4 Å². The first-order valence-corrected chi connectivity index (χ1v) is 11.8. The number of aliphatic hydroxyl groups excluding tert-OH is 1. The van der Waals surface area contributed by atoms with Gasteiger partial charge in [0.2, 0.25) is 0 Å². The van der Waals surface area contributed by atoms with Crippen LogP contribution in [-0.4, -0.2) is 59.0 Å². The van der Waals surface area contributed by atoms with Crippen molar-refractivity contribution in [3.05, 3.63) is 65.0 Å². The van der Waals surface area contributed by atoms with E-state index < -0.39 is 17.7 Å². The summed E-state index contributed by atoms with van der Waals surface area (Å²) in [5.41, 5.74) is 2.34. The van der Waals surface area contributed by atoms with Gasteiger partial charge in [-0.25, -0.2) is 0 Å². The van der Waals surface area contributed by atoms with Crippen LogP contribution in [0.15, 0.2) is 48.3 Å². The maximum absolute atomic E-state index is 13.2. The van der Waals surface area contributed by atoms with E-state index in [-0.39, 0.29) is 17.4 Å². The van der Waals surface area contributed by atoms with Crippen molar-refractivity contribution in [1.29, 1.82) is 0 Å². The maximum atomic E-state index is 13.2. The molecule has 1 aromatic heterocycles. The van der Waals surface area contributed by atoms with Gasteiger partial charge in [0, 0.05) is 37.3 Å². The van der Waals surface area contributed by atoms with E-state index in [4.69, 9.17) is 4.74 Å². The van der Waals surface area contributed by atoms with Crippen LogP contribution in [0.5, 0.6) is 5.75 Å². The van der Waals surface area contributed by atoms with Crippen molar-refractivity contribution in [2.45, 2.75) is 45.8 Å². The second-order valence-electron chi connectivity index (χ2n) is 8.79.